The summed E-state index contributed by atoms with van der Waals surface area (Å²) in [7, 11) is 3.11. The number of benzene rings is 2. The molecular weight excluding hydrogens is 378 g/mol. The number of thiazole rings is 1. The molecule has 0 atom stereocenters. The molecule has 3 aromatic rings. The quantitative estimate of drug-likeness (QED) is 0.598. The van der Waals surface area contributed by atoms with E-state index in [-0.39, 0.29) is 18.4 Å². The first-order valence-electron chi connectivity index (χ1n) is 8.42. The van der Waals surface area contributed by atoms with Gasteiger partial charge in [-0.05, 0) is 11.6 Å². The van der Waals surface area contributed by atoms with Crippen molar-refractivity contribution in [1.29, 1.82) is 0 Å². The van der Waals surface area contributed by atoms with Crippen LogP contribution in [0, 0.1) is 0 Å². The zero-order valence-corrected chi connectivity index (χ0v) is 16.2. The summed E-state index contributed by atoms with van der Waals surface area (Å²) in [5.41, 5.74) is 1.59. The number of nitrogens with one attached hydrogen (secondary N) is 2. The highest BCUT2D eigenvalue weighted by molar-refractivity contribution is 7.22. The second-order valence-corrected chi connectivity index (χ2v) is 6.73. The Labute approximate surface area is 166 Å². The lowest BCUT2D eigenvalue weighted by atomic mass is 10.2. The molecule has 0 saturated heterocycles. The van der Waals surface area contributed by atoms with Crippen molar-refractivity contribution in [2.45, 2.75) is 0 Å². The van der Waals surface area contributed by atoms with E-state index in [4.69, 9.17) is 9.47 Å². The maximum absolute atomic E-state index is 12.1. The standard InChI is InChI=1S/C20H19N3O4S/c1-26-15-10-14-17(11-16(15)27-2)28-20(22-14)23-19(25)12-21-18(24)9-8-13-6-4-3-5-7-13/h3-11H,12H2,1-2H3,(H,21,24)(H,22,23,25). The van der Waals surface area contributed by atoms with Crippen LogP contribution in [0.1, 0.15) is 5.56 Å². The van der Waals surface area contributed by atoms with Gasteiger partial charge in [0.2, 0.25) is 11.8 Å². The summed E-state index contributed by atoms with van der Waals surface area (Å²) in [6.45, 7) is -0.152. The molecule has 0 saturated carbocycles. The number of amides is 2. The summed E-state index contributed by atoms with van der Waals surface area (Å²) in [6.07, 6.45) is 3.07. The maximum atomic E-state index is 12.1. The molecule has 0 aliphatic rings. The summed E-state index contributed by atoms with van der Waals surface area (Å²) in [5.74, 6) is 0.446. The zero-order valence-electron chi connectivity index (χ0n) is 15.4. The third-order valence-corrected chi connectivity index (χ3v) is 4.72. The molecule has 28 heavy (non-hydrogen) atoms. The van der Waals surface area contributed by atoms with E-state index in [9.17, 15) is 9.59 Å². The monoisotopic (exact) mass is 397 g/mol. The molecule has 0 radical (unpaired) electrons. The molecular formula is C20H19N3O4S. The normalized spacial score (nSPS) is 10.8. The average molecular weight is 397 g/mol. The van der Waals surface area contributed by atoms with E-state index in [1.165, 1.54) is 17.4 Å². The van der Waals surface area contributed by atoms with Crippen LogP contribution in [0.5, 0.6) is 11.5 Å². The van der Waals surface area contributed by atoms with Crippen LogP contribution < -0.4 is 20.1 Å². The Morgan fingerprint density at radius 3 is 2.54 bits per heavy atom. The summed E-state index contributed by atoms with van der Waals surface area (Å²) < 4.78 is 11.4. The van der Waals surface area contributed by atoms with Crippen LogP contribution in [0.3, 0.4) is 0 Å². The molecule has 0 unspecified atom stereocenters. The zero-order chi connectivity index (χ0) is 19.9. The largest absolute Gasteiger partial charge is 0.493 e. The van der Waals surface area contributed by atoms with E-state index in [0.29, 0.717) is 22.1 Å². The molecule has 0 bridgehead atoms. The topological polar surface area (TPSA) is 89.5 Å². The molecule has 0 fully saturated rings. The van der Waals surface area contributed by atoms with Crippen LogP contribution in [-0.2, 0) is 9.59 Å². The van der Waals surface area contributed by atoms with Crippen molar-refractivity contribution in [2.75, 3.05) is 26.1 Å². The number of anilines is 1. The highest BCUT2D eigenvalue weighted by Gasteiger charge is 2.12. The molecule has 0 spiro atoms. The number of ether oxygens (including phenoxy) is 2. The van der Waals surface area contributed by atoms with Gasteiger partial charge in [-0.1, -0.05) is 41.7 Å². The Balaban J connectivity index is 1.57. The van der Waals surface area contributed by atoms with Gasteiger partial charge in [0.1, 0.15) is 0 Å². The van der Waals surface area contributed by atoms with Gasteiger partial charge in [-0.2, -0.15) is 0 Å². The predicted molar refractivity (Wildman–Crippen MR) is 110 cm³/mol. The van der Waals surface area contributed by atoms with Gasteiger partial charge in [0.15, 0.2) is 16.6 Å². The first-order valence-corrected chi connectivity index (χ1v) is 9.24. The number of hydrogen-bond donors (Lipinski definition) is 2. The van der Waals surface area contributed by atoms with Crippen LogP contribution >= 0.6 is 11.3 Å². The minimum absolute atomic E-state index is 0.152. The third-order valence-electron chi connectivity index (χ3n) is 3.79. The second kappa shape index (κ2) is 9.01. The molecule has 2 aromatic carbocycles. The summed E-state index contributed by atoms with van der Waals surface area (Å²) in [6, 6.07) is 13.0. The highest BCUT2D eigenvalue weighted by Crippen LogP contribution is 2.36. The molecule has 1 aromatic heterocycles. The van der Waals surface area contributed by atoms with Crippen molar-refractivity contribution in [3.05, 3.63) is 54.1 Å². The summed E-state index contributed by atoms with van der Waals surface area (Å²) in [5, 5.41) is 5.66. The fraction of sp³-hybridized carbons (Fsp3) is 0.150. The molecule has 2 N–H and O–H groups in total. The maximum Gasteiger partial charge on any atom is 0.245 e. The van der Waals surface area contributed by atoms with E-state index in [1.807, 2.05) is 30.3 Å². The Hall–Kier alpha value is -3.39. The van der Waals surface area contributed by atoms with Crippen molar-refractivity contribution in [1.82, 2.24) is 10.3 Å². The fourth-order valence-electron chi connectivity index (χ4n) is 2.43. The van der Waals surface area contributed by atoms with E-state index < -0.39 is 0 Å². The third kappa shape index (κ3) is 4.86. The Morgan fingerprint density at radius 1 is 1.11 bits per heavy atom. The smallest absolute Gasteiger partial charge is 0.245 e. The van der Waals surface area contributed by atoms with E-state index in [2.05, 4.69) is 15.6 Å². The minimum atomic E-state index is -0.362. The van der Waals surface area contributed by atoms with Crippen LogP contribution in [-0.4, -0.2) is 37.6 Å². The van der Waals surface area contributed by atoms with Gasteiger partial charge in [0.25, 0.3) is 0 Å². The molecule has 1 heterocycles. The number of aromatic nitrogens is 1. The number of methoxy groups -OCH3 is 2. The average Bonchev–Trinajstić information content (AvgIpc) is 3.11. The minimum Gasteiger partial charge on any atom is -0.493 e. The van der Waals surface area contributed by atoms with Gasteiger partial charge < -0.3 is 20.1 Å². The number of rotatable bonds is 7. The number of carbonyl (C=O) groups excluding carboxylic acids is 2. The number of hydrogen-bond acceptors (Lipinski definition) is 6. The first kappa shape index (κ1) is 19.4. The Bertz CT molecular complexity index is 974. The van der Waals surface area contributed by atoms with Crippen LogP contribution in [0.15, 0.2) is 48.5 Å². The lowest BCUT2D eigenvalue weighted by Crippen LogP contribution is -2.31. The molecule has 7 nitrogen and oxygen atoms in total. The van der Waals surface area contributed by atoms with Crippen molar-refractivity contribution in [3.8, 4) is 11.5 Å². The summed E-state index contributed by atoms with van der Waals surface area (Å²) in [4.78, 5) is 28.3. The second-order valence-electron chi connectivity index (χ2n) is 5.70. The van der Waals surface area contributed by atoms with Gasteiger partial charge in [-0.3, -0.25) is 9.59 Å². The van der Waals surface area contributed by atoms with E-state index >= 15 is 0 Å². The SMILES string of the molecule is COc1cc2nc(NC(=O)CNC(=O)C=Cc3ccccc3)sc2cc1OC. The van der Waals surface area contributed by atoms with Crippen LogP contribution in [0.4, 0.5) is 5.13 Å². The number of carbonyl (C=O) groups is 2. The van der Waals surface area contributed by atoms with Gasteiger partial charge in [0.05, 0.1) is 31.0 Å². The number of nitrogens with zero attached hydrogens (tertiary/aromatic N) is 1. The summed E-state index contributed by atoms with van der Waals surface area (Å²) >= 11 is 1.31. The molecule has 0 aliphatic carbocycles. The van der Waals surface area contributed by atoms with Gasteiger partial charge in [-0.15, -0.1) is 0 Å². The Kier molecular flexibility index (Phi) is 6.23. The van der Waals surface area contributed by atoms with E-state index in [0.717, 1.165) is 10.3 Å². The number of fused-ring (bicyclic) bond motifs is 1. The van der Waals surface area contributed by atoms with E-state index in [1.54, 1.807) is 32.4 Å². The lowest BCUT2D eigenvalue weighted by Gasteiger charge is -2.05. The molecule has 8 heteroatoms. The van der Waals surface area contributed by atoms with Gasteiger partial charge >= 0.3 is 0 Å². The van der Waals surface area contributed by atoms with Gasteiger partial charge in [-0.25, -0.2) is 4.98 Å². The molecule has 0 aliphatic heterocycles. The fourth-order valence-corrected chi connectivity index (χ4v) is 3.33. The van der Waals surface area contributed by atoms with Crippen molar-refractivity contribution in [2.24, 2.45) is 0 Å². The molecule has 2 amide bonds. The van der Waals surface area contributed by atoms with Crippen molar-refractivity contribution >= 4 is 44.6 Å². The lowest BCUT2D eigenvalue weighted by molar-refractivity contribution is -0.121. The first-order chi connectivity index (χ1) is 13.6. The van der Waals surface area contributed by atoms with Gasteiger partial charge in [0, 0.05) is 18.2 Å². The Morgan fingerprint density at radius 2 is 1.82 bits per heavy atom. The molecule has 3 rings (SSSR count). The van der Waals surface area contributed by atoms with Crippen molar-refractivity contribution < 1.29 is 19.1 Å². The van der Waals surface area contributed by atoms with Crippen LogP contribution in [0.25, 0.3) is 16.3 Å². The predicted octanol–water partition coefficient (Wildman–Crippen LogP) is 3.08. The highest BCUT2D eigenvalue weighted by atomic mass is 32.1. The van der Waals surface area contributed by atoms with Crippen LogP contribution in [0.2, 0.25) is 0 Å². The molecule has 144 valence electrons. The van der Waals surface area contributed by atoms with Crippen molar-refractivity contribution in [3.63, 3.8) is 0 Å².